The summed E-state index contributed by atoms with van der Waals surface area (Å²) in [5, 5.41) is 1.48. The number of amidine groups is 2. The number of benzene rings is 1. The van der Waals surface area contributed by atoms with Crippen LogP contribution in [-0.2, 0) is 4.74 Å². The van der Waals surface area contributed by atoms with Crippen LogP contribution < -0.4 is 9.47 Å². The van der Waals surface area contributed by atoms with Gasteiger partial charge in [-0.2, -0.15) is 9.98 Å². The first-order chi connectivity index (χ1) is 12.7. The van der Waals surface area contributed by atoms with Crippen molar-refractivity contribution in [3.8, 4) is 11.5 Å². The zero-order chi connectivity index (χ0) is 17.7. The van der Waals surface area contributed by atoms with Crippen LogP contribution in [0.2, 0.25) is 0 Å². The Morgan fingerprint density at radius 2 is 2.04 bits per heavy atom. The van der Waals surface area contributed by atoms with Crippen LogP contribution >= 0.6 is 11.8 Å². The number of nitrogens with zero attached hydrogens (tertiary/aromatic N) is 3. The highest BCUT2D eigenvalue weighted by atomic mass is 32.2. The quantitative estimate of drug-likeness (QED) is 0.799. The van der Waals surface area contributed by atoms with Crippen molar-refractivity contribution < 1.29 is 18.6 Å². The molecule has 1 saturated carbocycles. The van der Waals surface area contributed by atoms with E-state index in [2.05, 4.69) is 15.0 Å². The molecule has 1 atom stereocenters. The Morgan fingerprint density at radius 1 is 1.15 bits per heavy atom. The van der Waals surface area contributed by atoms with Crippen molar-refractivity contribution in [3.05, 3.63) is 24.0 Å². The number of aliphatic imine (C=N–C) groups is 3. The fraction of sp³-hybridized carbons (Fsp3) is 0.389. The minimum absolute atomic E-state index is 0.208. The number of thioether (sulfide) groups is 1. The van der Waals surface area contributed by atoms with E-state index in [0.717, 1.165) is 34.1 Å². The van der Waals surface area contributed by atoms with Gasteiger partial charge < -0.3 is 18.6 Å². The molecule has 0 spiro atoms. The van der Waals surface area contributed by atoms with Crippen molar-refractivity contribution in [1.82, 2.24) is 0 Å². The maximum atomic E-state index is 6.05. The maximum absolute atomic E-state index is 6.05. The number of ether oxygens (including phenoxy) is 3. The Labute approximate surface area is 154 Å². The normalized spacial score (nSPS) is 21.3. The van der Waals surface area contributed by atoms with Gasteiger partial charge in [0.1, 0.15) is 27.9 Å². The molecule has 0 N–H and O–H groups in total. The fourth-order valence-corrected chi connectivity index (χ4v) is 3.80. The van der Waals surface area contributed by atoms with Crippen molar-refractivity contribution in [2.45, 2.75) is 18.2 Å². The number of hydrogen-bond acceptors (Lipinski definition) is 8. The highest BCUT2D eigenvalue weighted by molar-refractivity contribution is 8.16. The molecule has 8 heteroatoms. The standard InChI is InChI=1S/C18H17N3O4S/c1-22-10-5-12(24-8-9-3-4-9)11-7-14(25-13(11)6-10)16-19-15-17(26-16)21-18(20-15)23-2/h5-7,9,16H,3-4,8H2,1-2H3. The second-order valence-electron chi connectivity index (χ2n) is 6.38. The van der Waals surface area contributed by atoms with E-state index < -0.39 is 0 Å². The first-order valence-electron chi connectivity index (χ1n) is 8.44. The average Bonchev–Trinajstić information content (AvgIpc) is 3.06. The minimum Gasteiger partial charge on any atom is -0.496 e. The molecule has 1 unspecified atom stereocenters. The van der Waals surface area contributed by atoms with Gasteiger partial charge in [-0.1, -0.05) is 11.8 Å². The van der Waals surface area contributed by atoms with Crippen molar-refractivity contribution in [2.75, 3.05) is 20.8 Å². The molecular formula is C18H17N3O4S. The first-order valence-corrected chi connectivity index (χ1v) is 9.32. The second-order valence-corrected chi connectivity index (χ2v) is 7.45. The lowest BCUT2D eigenvalue weighted by Gasteiger charge is -2.08. The topological polar surface area (TPSA) is 77.9 Å². The van der Waals surface area contributed by atoms with E-state index in [4.69, 9.17) is 18.6 Å². The first kappa shape index (κ1) is 15.7. The van der Waals surface area contributed by atoms with E-state index in [9.17, 15) is 0 Å². The van der Waals surface area contributed by atoms with Crippen molar-refractivity contribution in [1.29, 1.82) is 0 Å². The summed E-state index contributed by atoms with van der Waals surface area (Å²) < 4.78 is 22.5. The molecule has 0 bridgehead atoms. The van der Waals surface area contributed by atoms with Crippen LogP contribution in [0.15, 0.2) is 37.6 Å². The maximum Gasteiger partial charge on any atom is 0.319 e. The summed E-state index contributed by atoms with van der Waals surface area (Å²) in [6, 6.07) is 6.11. The summed E-state index contributed by atoms with van der Waals surface area (Å²) in [6.07, 6.45) is 2.48. The second kappa shape index (κ2) is 6.05. The highest BCUT2D eigenvalue weighted by Crippen LogP contribution is 2.43. The van der Waals surface area contributed by atoms with Gasteiger partial charge in [0.2, 0.25) is 0 Å². The molecular weight excluding hydrogens is 354 g/mol. The van der Waals surface area contributed by atoms with Crippen molar-refractivity contribution in [3.63, 3.8) is 0 Å². The van der Waals surface area contributed by atoms with Crippen molar-refractivity contribution in [2.24, 2.45) is 20.9 Å². The fourth-order valence-electron chi connectivity index (χ4n) is 2.87. The Hall–Kier alpha value is -2.48. The molecule has 5 rings (SSSR count). The van der Waals surface area contributed by atoms with Gasteiger partial charge in [-0.3, -0.25) is 0 Å². The summed E-state index contributed by atoms with van der Waals surface area (Å²) in [5.41, 5.74) is 0.728. The zero-order valence-corrected chi connectivity index (χ0v) is 15.2. The molecule has 1 fully saturated rings. The van der Waals surface area contributed by atoms with Gasteiger partial charge in [-0.05, 0) is 24.8 Å². The van der Waals surface area contributed by atoms with E-state index in [1.807, 2.05) is 18.2 Å². The molecule has 0 amide bonds. The predicted octanol–water partition coefficient (Wildman–Crippen LogP) is 3.79. The number of methoxy groups -OCH3 is 2. The molecule has 1 aromatic heterocycles. The SMILES string of the molecule is COC1=NC2=NC(c3cc4c(OCC5CC5)cc(OC)cc4o3)SC2=N1. The van der Waals surface area contributed by atoms with E-state index >= 15 is 0 Å². The molecule has 134 valence electrons. The summed E-state index contributed by atoms with van der Waals surface area (Å²) in [5.74, 6) is 3.51. The van der Waals surface area contributed by atoms with Crippen molar-refractivity contribution >= 4 is 39.6 Å². The number of hydrogen-bond donors (Lipinski definition) is 0. The summed E-state index contributed by atoms with van der Waals surface area (Å²) >= 11 is 1.50. The van der Waals surface area contributed by atoms with E-state index in [1.54, 1.807) is 14.2 Å². The van der Waals surface area contributed by atoms with Crippen LogP contribution in [0.3, 0.4) is 0 Å². The molecule has 0 saturated heterocycles. The lowest BCUT2D eigenvalue weighted by molar-refractivity contribution is 0.301. The van der Waals surface area contributed by atoms with Crippen LogP contribution in [0.5, 0.6) is 11.5 Å². The van der Waals surface area contributed by atoms with Gasteiger partial charge in [0.15, 0.2) is 11.2 Å². The Kier molecular flexibility index (Phi) is 3.66. The van der Waals surface area contributed by atoms with E-state index in [0.29, 0.717) is 23.5 Å². The molecule has 7 nitrogen and oxygen atoms in total. The third kappa shape index (κ3) is 2.74. The van der Waals surface area contributed by atoms with Gasteiger partial charge >= 0.3 is 6.02 Å². The largest absolute Gasteiger partial charge is 0.496 e. The molecule has 1 aliphatic carbocycles. The van der Waals surface area contributed by atoms with Gasteiger partial charge in [-0.25, -0.2) is 4.99 Å². The highest BCUT2D eigenvalue weighted by Gasteiger charge is 2.33. The van der Waals surface area contributed by atoms with E-state index in [-0.39, 0.29) is 5.37 Å². The molecule has 1 aromatic carbocycles. The number of fused-ring (bicyclic) bond motifs is 2. The van der Waals surface area contributed by atoms with E-state index in [1.165, 1.54) is 24.6 Å². The molecule has 0 radical (unpaired) electrons. The molecule has 3 aliphatic rings. The third-order valence-corrected chi connectivity index (χ3v) is 5.54. The predicted molar refractivity (Wildman–Crippen MR) is 101 cm³/mol. The van der Waals surface area contributed by atoms with Crippen LogP contribution in [0, 0.1) is 5.92 Å². The molecule has 2 aromatic rings. The lowest BCUT2D eigenvalue weighted by Crippen LogP contribution is -1.99. The number of furan rings is 1. The Morgan fingerprint density at radius 3 is 2.77 bits per heavy atom. The van der Waals surface area contributed by atoms with Gasteiger partial charge in [0, 0.05) is 12.1 Å². The zero-order valence-electron chi connectivity index (χ0n) is 14.4. The monoisotopic (exact) mass is 371 g/mol. The Bertz CT molecular complexity index is 974. The average molecular weight is 371 g/mol. The Balaban J connectivity index is 1.48. The smallest absolute Gasteiger partial charge is 0.319 e. The van der Waals surface area contributed by atoms with Crippen LogP contribution in [0.4, 0.5) is 0 Å². The van der Waals surface area contributed by atoms with Crippen LogP contribution in [0.1, 0.15) is 24.0 Å². The van der Waals surface area contributed by atoms with Gasteiger partial charge in [0.25, 0.3) is 0 Å². The van der Waals surface area contributed by atoms with Crippen LogP contribution in [-0.4, -0.2) is 37.7 Å². The molecule has 2 aliphatic heterocycles. The summed E-state index contributed by atoms with van der Waals surface area (Å²) in [7, 11) is 3.18. The lowest BCUT2D eigenvalue weighted by atomic mass is 10.2. The minimum atomic E-state index is -0.208. The van der Waals surface area contributed by atoms with Crippen LogP contribution in [0.25, 0.3) is 11.0 Å². The molecule has 26 heavy (non-hydrogen) atoms. The number of rotatable bonds is 5. The third-order valence-electron chi connectivity index (χ3n) is 4.48. The molecule has 3 heterocycles. The summed E-state index contributed by atoms with van der Waals surface area (Å²) in [6.45, 7) is 0.731. The summed E-state index contributed by atoms with van der Waals surface area (Å²) in [4.78, 5) is 13.1. The van der Waals surface area contributed by atoms with Gasteiger partial charge in [-0.15, -0.1) is 0 Å². The van der Waals surface area contributed by atoms with Gasteiger partial charge in [0.05, 0.1) is 26.2 Å².